The van der Waals surface area contributed by atoms with Gasteiger partial charge in [-0.25, -0.2) is 9.18 Å². The maximum Gasteiger partial charge on any atom is 0.362 e. The first kappa shape index (κ1) is 18.1. The fourth-order valence-electron chi connectivity index (χ4n) is 2.27. The number of carbonyl (C=O) groups is 2. The largest absolute Gasteiger partial charge is 0.461 e. The minimum absolute atomic E-state index is 0.114. The number of hydrogen-bond acceptors (Lipinski definition) is 6. The number of amides is 1. The van der Waals surface area contributed by atoms with E-state index in [4.69, 9.17) is 9.15 Å². The van der Waals surface area contributed by atoms with Crippen LogP contribution in [-0.4, -0.2) is 23.5 Å². The van der Waals surface area contributed by atoms with Gasteiger partial charge in [-0.2, -0.15) is 4.98 Å². The molecule has 0 saturated carbocycles. The van der Waals surface area contributed by atoms with Crippen molar-refractivity contribution in [2.24, 2.45) is 0 Å². The van der Waals surface area contributed by atoms with Crippen LogP contribution in [0, 0.1) is 5.82 Å². The van der Waals surface area contributed by atoms with Crippen LogP contribution in [-0.2, 0) is 4.74 Å². The first-order valence-electron chi connectivity index (χ1n) is 8.14. The number of rotatable bonds is 6. The maximum atomic E-state index is 13.7. The van der Waals surface area contributed by atoms with Crippen molar-refractivity contribution in [1.29, 1.82) is 0 Å². The third kappa shape index (κ3) is 4.12. The van der Waals surface area contributed by atoms with Gasteiger partial charge in [0.1, 0.15) is 5.82 Å². The van der Waals surface area contributed by atoms with E-state index in [9.17, 15) is 14.0 Å². The molecule has 2 N–H and O–H groups in total. The van der Waals surface area contributed by atoms with Crippen LogP contribution >= 0.6 is 0 Å². The second-order valence-corrected chi connectivity index (χ2v) is 5.34. The molecule has 0 atom stereocenters. The highest BCUT2D eigenvalue weighted by Crippen LogP contribution is 2.25. The first-order valence-corrected chi connectivity index (χ1v) is 8.14. The number of oxazole rings is 1. The van der Waals surface area contributed by atoms with E-state index in [1.165, 1.54) is 24.3 Å². The van der Waals surface area contributed by atoms with Crippen LogP contribution in [0.5, 0.6) is 0 Å². The molecule has 8 heteroatoms. The monoisotopic (exact) mass is 369 g/mol. The Morgan fingerprint density at radius 3 is 2.52 bits per heavy atom. The van der Waals surface area contributed by atoms with Crippen LogP contribution in [0.15, 0.2) is 59.0 Å². The number of halogens is 1. The predicted molar refractivity (Wildman–Crippen MR) is 95.4 cm³/mol. The number of hydrazine groups is 1. The summed E-state index contributed by atoms with van der Waals surface area (Å²) >= 11 is 0. The van der Waals surface area contributed by atoms with Crippen molar-refractivity contribution >= 4 is 17.8 Å². The zero-order valence-corrected chi connectivity index (χ0v) is 14.4. The van der Waals surface area contributed by atoms with Gasteiger partial charge in [0, 0.05) is 5.56 Å². The van der Waals surface area contributed by atoms with Crippen molar-refractivity contribution < 1.29 is 23.1 Å². The summed E-state index contributed by atoms with van der Waals surface area (Å²) in [6, 6.07) is 14.4. The SMILES string of the molecule is CCOC(=O)c1nc(-c2ccccc2)oc1NNC(=O)c1ccccc1F. The van der Waals surface area contributed by atoms with Gasteiger partial charge in [0.15, 0.2) is 0 Å². The number of esters is 1. The van der Waals surface area contributed by atoms with Crippen molar-refractivity contribution in [2.45, 2.75) is 6.92 Å². The quantitative estimate of drug-likeness (QED) is 0.511. The molecule has 138 valence electrons. The van der Waals surface area contributed by atoms with Crippen LogP contribution in [0.25, 0.3) is 11.5 Å². The molecular weight excluding hydrogens is 353 g/mol. The Hall–Kier alpha value is -3.68. The van der Waals surface area contributed by atoms with Crippen molar-refractivity contribution in [3.63, 3.8) is 0 Å². The summed E-state index contributed by atoms with van der Waals surface area (Å²) in [6.07, 6.45) is 0. The summed E-state index contributed by atoms with van der Waals surface area (Å²) in [6.45, 7) is 1.80. The van der Waals surface area contributed by atoms with Gasteiger partial charge >= 0.3 is 5.97 Å². The number of nitrogens with zero attached hydrogens (tertiary/aromatic N) is 1. The van der Waals surface area contributed by atoms with Gasteiger partial charge in [-0.05, 0) is 31.2 Å². The normalized spacial score (nSPS) is 10.3. The molecule has 0 saturated heterocycles. The fourth-order valence-corrected chi connectivity index (χ4v) is 2.27. The van der Waals surface area contributed by atoms with E-state index in [0.717, 1.165) is 0 Å². The topological polar surface area (TPSA) is 93.5 Å². The number of nitrogens with one attached hydrogen (secondary N) is 2. The molecule has 1 heterocycles. The third-order valence-electron chi connectivity index (χ3n) is 3.52. The number of carbonyl (C=O) groups excluding carboxylic acids is 2. The van der Waals surface area contributed by atoms with Gasteiger partial charge in [-0.1, -0.05) is 30.3 Å². The molecule has 0 bridgehead atoms. The molecule has 1 aromatic heterocycles. The Kier molecular flexibility index (Phi) is 5.46. The molecule has 0 aliphatic carbocycles. The Morgan fingerprint density at radius 2 is 1.81 bits per heavy atom. The molecule has 0 spiro atoms. The van der Waals surface area contributed by atoms with E-state index < -0.39 is 17.7 Å². The highest BCUT2D eigenvalue weighted by Gasteiger charge is 2.23. The smallest absolute Gasteiger partial charge is 0.362 e. The van der Waals surface area contributed by atoms with E-state index in [-0.39, 0.29) is 29.6 Å². The number of aromatic nitrogens is 1. The van der Waals surface area contributed by atoms with Crippen LogP contribution in [0.3, 0.4) is 0 Å². The molecule has 3 rings (SSSR count). The van der Waals surface area contributed by atoms with Crippen LogP contribution in [0.2, 0.25) is 0 Å². The zero-order valence-electron chi connectivity index (χ0n) is 14.4. The van der Waals surface area contributed by atoms with Crippen molar-refractivity contribution in [3.8, 4) is 11.5 Å². The summed E-state index contributed by atoms with van der Waals surface area (Å²) in [5.41, 5.74) is 5.10. The Labute approximate surface area is 154 Å². The lowest BCUT2D eigenvalue weighted by Crippen LogP contribution is -2.30. The average molecular weight is 369 g/mol. The number of benzene rings is 2. The number of ether oxygens (including phenoxy) is 1. The molecule has 0 fully saturated rings. The molecule has 2 aromatic carbocycles. The van der Waals surface area contributed by atoms with Crippen LogP contribution in [0.4, 0.5) is 10.3 Å². The zero-order chi connectivity index (χ0) is 19.2. The van der Waals surface area contributed by atoms with Gasteiger partial charge < -0.3 is 9.15 Å². The maximum absolute atomic E-state index is 13.7. The molecule has 27 heavy (non-hydrogen) atoms. The van der Waals surface area contributed by atoms with Crippen molar-refractivity contribution in [2.75, 3.05) is 12.0 Å². The summed E-state index contributed by atoms with van der Waals surface area (Å²) in [5.74, 6) is -2.07. The Bertz CT molecular complexity index is 957. The third-order valence-corrected chi connectivity index (χ3v) is 3.52. The minimum atomic E-state index is -0.736. The molecule has 0 unspecified atom stereocenters. The Balaban J connectivity index is 1.85. The summed E-state index contributed by atoms with van der Waals surface area (Å²) < 4.78 is 24.2. The lowest BCUT2D eigenvalue weighted by atomic mass is 10.2. The standard InChI is InChI=1S/C19H16FN3O4/c1-2-26-19(25)15-18(27-17(21-15)12-8-4-3-5-9-12)23-22-16(24)13-10-6-7-11-14(13)20/h3-11,23H,2H2,1H3,(H,22,24). The van der Waals surface area contributed by atoms with E-state index in [1.807, 2.05) is 6.07 Å². The predicted octanol–water partition coefficient (Wildman–Crippen LogP) is 3.41. The summed E-state index contributed by atoms with van der Waals surface area (Å²) in [4.78, 5) is 28.4. The van der Waals surface area contributed by atoms with Gasteiger partial charge in [0.05, 0.1) is 12.2 Å². The molecule has 0 radical (unpaired) electrons. The van der Waals surface area contributed by atoms with Gasteiger partial charge in [0.2, 0.25) is 17.5 Å². The first-order chi connectivity index (χ1) is 13.1. The fraction of sp³-hybridized carbons (Fsp3) is 0.105. The lowest BCUT2D eigenvalue weighted by molar-refractivity contribution is 0.0520. The molecule has 3 aromatic rings. The van der Waals surface area contributed by atoms with Crippen molar-refractivity contribution in [3.05, 3.63) is 71.7 Å². The second-order valence-electron chi connectivity index (χ2n) is 5.34. The van der Waals surface area contributed by atoms with Gasteiger partial charge in [-0.15, -0.1) is 0 Å². The molecule has 0 aliphatic heterocycles. The average Bonchev–Trinajstić information content (AvgIpc) is 3.12. The summed E-state index contributed by atoms with van der Waals surface area (Å²) in [5, 5.41) is 0. The van der Waals surface area contributed by atoms with Gasteiger partial charge in [-0.3, -0.25) is 15.6 Å². The Morgan fingerprint density at radius 1 is 1.11 bits per heavy atom. The number of hydrogen-bond donors (Lipinski definition) is 2. The number of anilines is 1. The second kappa shape index (κ2) is 8.13. The van der Waals surface area contributed by atoms with Crippen LogP contribution < -0.4 is 10.9 Å². The summed E-state index contributed by atoms with van der Waals surface area (Å²) in [7, 11) is 0. The van der Waals surface area contributed by atoms with Crippen LogP contribution in [0.1, 0.15) is 27.8 Å². The minimum Gasteiger partial charge on any atom is -0.461 e. The van der Waals surface area contributed by atoms with Gasteiger partial charge in [0.25, 0.3) is 5.91 Å². The van der Waals surface area contributed by atoms with E-state index in [1.54, 1.807) is 31.2 Å². The van der Waals surface area contributed by atoms with Crippen molar-refractivity contribution in [1.82, 2.24) is 10.4 Å². The highest BCUT2D eigenvalue weighted by molar-refractivity contribution is 5.96. The molecule has 7 nitrogen and oxygen atoms in total. The molecule has 0 aliphatic rings. The van der Waals surface area contributed by atoms with E-state index in [2.05, 4.69) is 15.8 Å². The van der Waals surface area contributed by atoms with E-state index >= 15 is 0 Å². The highest BCUT2D eigenvalue weighted by atomic mass is 19.1. The van der Waals surface area contributed by atoms with E-state index in [0.29, 0.717) is 5.56 Å². The molecule has 1 amide bonds. The molecular formula is C19H16FN3O4. The lowest BCUT2D eigenvalue weighted by Gasteiger charge is -2.07.